The standard InChI is InChI=1S/C66H47N3O2Si/c1-40-22-26-45(27-23-40)67(58-18-10-16-54-50-12-5-7-20-62(50)70-65(54)58)47-28-24-41-36-56-52-14-9-15-53-57-37-42-25-29-48(35-44(42)39-61(57)69(64(52)53)60(56)38-43(41)34-47)68(46-30-32-49(33-31-46)72(2,3)4)59-19-11-17-55-51-13-6-8-21-63(51)71-66(55)59/h5-39H,1-4H3. The van der Waals surface area contributed by atoms with E-state index in [0.717, 1.165) is 78.0 Å². The molecule has 0 aliphatic carbocycles. The molecular formula is C66H47N3O2Si. The van der Waals surface area contributed by atoms with Crippen LogP contribution in [0.5, 0.6) is 0 Å². The Morgan fingerprint density at radius 1 is 0.361 bits per heavy atom. The molecule has 0 saturated heterocycles. The average molecular weight is 942 g/mol. The molecule has 0 aliphatic rings. The monoisotopic (exact) mass is 941 g/mol. The molecule has 6 heteroatoms. The molecule has 4 heterocycles. The van der Waals surface area contributed by atoms with E-state index in [2.05, 4.69) is 241 Å². The fourth-order valence-corrected chi connectivity index (χ4v) is 12.9. The van der Waals surface area contributed by atoms with E-state index in [-0.39, 0.29) is 0 Å². The van der Waals surface area contributed by atoms with Gasteiger partial charge in [0.05, 0.1) is 36.0 Å². The highest BCUT2D eigenvalue weighted by Crippen LogP contribution is 2.47. The van der Waals surface area contributed by atoms with E-state index in [9.17, 15) is 0 Å². The van der Waals surface area contributed by atoms with Crippen molar-refractivity contribution < 1.29 is 8.83 Å². The maximum atomic E-state index is 6.72. The maximum Gasteiger partial charge on any atom is 0.159 e. The van der Waals surface area contributed by atoms with Crippen molar-refractivity contribution in [1.29, 1.82) is 0 Å². The quantitative estimate of drug-likeness (QED) is 0.149. The highest BCUT2D eigenvalue weighted by Gasteiger charge is 2.25. The van der Waals surface area contributed by atoms with Crippen LogP contribution < -0.4 is 15.0 Å². The van der Waals surface area contributed by atoms with Gasteiger partial charge < -0.3 is 23.0 Å². The highest BCUT2D eigenvalue weighted by atomic mass is 28.3. The van der Waals surface area contributed by atoms with Crippen LogP contribution >= 0.6 is 0 Å². The molecule has 15 aromatic rings. The fraction of sp³-hybridized carbons (Fsp3) is 0.0606. The smallest absolute Gasteiger partial charge is 0.159 e. The molecular weight excluding hydrogens is 895 g/mol. The van der Waals surface area contributed by atoms with Gasteiger partial charge in [-0.05, 0) is 126 Å². The predicted molar refractivity (Wildman–Crippen MR) is 308 cm³/mol. The van der Waals surface area contributed by atoms with Crippen molar-refractivity contribution in [3.05, 3.63) is 218 Å². The summed E-state index contributed by atoms with van der Waals surface area (Å²) in [6.07, 6.45) is 0. The number of para-hydroxylation sites is 5. The minimum atomic E-state index is -1.54. The summed E-state index contributed by atoms with van der Waals surface area (Å²) in [6, 6.07) is 77.9. The second kappa shape index (κ2) is 15.1. The number of furan rings is 2. The number of benzene rings is 11. The molecule has 0 atom stereocenters. The summed E-state index contributed by atoms with van der Waals surface area (Å²) in [5.41, 5.74) is 14.7. The fourth-order valence-electron chi connectivity index (χ4n) is 11.7. The van der Waals surface area contributed by atoms with E-state index >= 15 is 0 Å². The summed E-state index contributed by atoms with van der Waals surface area (Å²) in [7, 11) is -1.54. The molecule has 0 N–H and O–H groups in total. The van der Waals surface area contributed by atoms with Crippen LogP contribution in [0.1, 0.15) is 5.56 Å². The maximum absolute atomic E-state index is 6.72. The normalized spacial score (nSPS) is 12.4. The van der Waals surface area contributed by atoms with Crippen molar-refractivity contribution in [1.82, 2.24) is 4.40 Å². The molecule has 4 aromatic heterocycles. The van der Waals surface area contributed by atoms with Crippen LogP contribution in [0.4, 0.5) is 34.1 Å². The van der Waals surface area contributed by atoms with E-state index in [4.69, 9.17) is 8.83 Å². The first-order valence-corrected chi connectivity index (χ1v) is 28.4. The third kappa shape index (κ3) is 6.06. The van der Waals surface area contributed by atoms with Crippen molar-refractivity contribution in [2.24, 2.45) is 0 Å². The number of aromatic nitrogens is 1. The van der Waals surface area contributed by atoms with E-state index in [1.165, 1.54) is 70.4 Å². The van der Waals surface area contributed by atoms with Crippen LogP contribution in [-0.4, -0.2) is 12.5 Å². The lowest BCUT2D eigenvalue weighted by Crippen LogP contribution is -2.37. The largest absolute Gasteiger partial charge is 0.454 e. The summed E-state index contributed by atoms with van der Waals surface area (Å²) in [5, 5.41) is 15.6. The van der Waals surface area contributed by atoms with Gasteiger partial charge in [0.1, 0.15) is 11.2 Å². The Balaban J connectivity index is 0.928. The predicted octanol–water partition coefficient (Wildman–Crippen LogP) is 18.7. The first-order valence-electron chi connectivity index (χ1n) is 24.9. The number of hydrogen-bond acceptors (Lipinski definition) is 4. The topological polar surface area (TPSA) is 37.2 Å². The lowest BCUT2D eigenvalue weighted by molar-refractivity contribution is 0.668. The molecule has 0 fully saturated rings. The SMILES string of the molecule is Cc1ccc(N(c2ccc3cc4c5cccc6c7cc8ccc(N(c9ccc([Si](C)(C)C)cc9)c9cccc%10c9oc9ccccc9%10)cc8cc7n(c4cc3c2)c56)c2cccc3c2oc2ccccc23)cc1. The van der Waals surface area contributed by atoms with Crippen molar-refractivity contribution in [3.63, 3.8) is 0 Å². The van der Waals surface area contributed by atoms with Crippen LogP contribution in [0.2, 0.25) is 19.6 Å². The van der Waals surface area contributed by atoms with Crippen molar-refractivity contribution in [3.8, 4) is 0 Å². The number of aryl methyl sites for hydroxylation is 1. The Kier molecular flexibility index (Phi) is 8.59. The van der Waals surface area contributed by atoms with Crippen LogP contribution in [0.15, 0.2) is 221 Å². The first-order chi connectivity index (χ1) is 35.2. The summed E-state index contributed by atoms with van der Waals surface area (Å²) in [5.74, 6) is 0. The van der Waals surface area contributed by atoms with Crippen molar-refractivity contribution in [2.75, 3.05) is 9.80 Å². The number of hydrogen-bond donors (Lipinski definition) is 0. The Labute approximate surface area is 416 Å². The van der Waals surface area contributed by atoms with Gasteiger partial charge in [0, 0.05) is 65.8 Å². The zero-order valence-electron chi connectivity index (χ0n) is 40.4. The lowest BCUT2D eigenvalue weighted by atomic mass is 10.0. The molecule has 0 radical (unpaired) electrons. The Hall–Kier alpha value is -8.84. The third-order valence-electron chi connectivity index (χ3n) is 15.2. The molecule has 11 aromatic carbocycles. The van der Waals surface area contributed by atoms with Crippen LogP contribution in [0.25, 0.3) is 104 Å². The zero-order valence-corrected chi connectivity index (χ0v) is 41.4. The van der Waals surface area contributed by atoms with Gasteiger partial charge in [0.2, 0.25) is 0 Å². The zero-order chi connectivity index (χ0) is 48.0. The summed E-state index contributed by atoms with van der Waals surface area (Å²) < 4.78 is 15.9. The molecule has 5 nitrogen and oxygen atoms in total. The van der Waals surface area contributed by atoms with Gasteiger partial charge >= 0.3 is 0 Å². The van der Waals surface area contributed by atoms with Gasteiger partial charge in [-0.25, -0.2) is 0 Å². The Bertz CT molecular complexity index is 4690. The van der Waals surface area contributed by atoms with Gasteiger partial charge in [-0.2, -0.15) is 0 Å². The van der Waals surface area contributed by atoms with E-state index < -0.39 is 8.07 Å². The highest BCUT2D eigenvalue weighted by molar-refractivity contribution is 6.88. The summed E-state index contributed by atoms with van der Waals surface area (Å²) >= 11 is 0. The molecule has 0 saturated carbocycles. The molecule has 0 bridgehead atoms. The van der Waals surface area contributed by atoms with Gasteiger partial charge in [-0.3, -0.25) is 0 Å². The summed E-state index contributed by atoms with van der Waals surface area (Å²) in [6.45, 7) is 9.35. The number of rotatable bonds is 7. The molecule has 0 spiro atoms. The van der Waals surface area contributed by atoms with Gasteiger partial charge in [-0.1, -0.05) is 146 Å². The van der Waals surface area contributed by atoms with Crippen molar-refractivity contribution in [2.45, 2.75) is 26.6 Å². The van der Waals surface area contributed by atoms with Crippen LogP contribution in [0.3, 0.4) is 0 Å². The minimum Gasteiger partial charge on any atom is -0.454 e. The average Bonchev–Trinajstić information content (AvgIpc) is 4.16. The Morgan fingerprint density at radius 2 is 0.792 bits per heavy atom. The molecule has 0 amide bonds. The number of fused-ring (bicyclic) bond motifs is 14. The Morgan fingerprint density at radius 3 is 1.29 bits per heavy atom. The van der Waals surface area contributed by atoms with E-state index in [1.807, 2.05) is 12.1 Å². The summed E-state index contributed by atoms with van der Waals surface area (Å²) in [4.78, 5) is 4.72. The van der Waals surface area contributed by atoms with Gasteiger partial charge in [0.15, 0.2) is 11.2 Å². The third-order valence-corrected chi connectivity index (χ3v) is 17.3. The number of nitrogens with zero attached hydrogens (tertiary/aromatic N) is 3. The van der Waals surface area contributed by atoms with Crippen LogP contribution in [0, 0.1) is 6.92 Å². The van der Waals surface area contributed by atoms with Crippen molar-refractivity contribution >= 4 is 151 Å². The number of anilines is 6. The second-order valence-electron chi connectivity index (χ2n) is 20.6. The molecule has 15 rings (SSSR count). The molecule has 0 unspecified atom stereocenters. The lowest BCUT2D eigenvalue weighted by Gasteiger charge is -2.27. The van der Waals surface area contributed by atoms with Gasteiger partial charge in [0.25, 0.3) is 0 Å². The van der Waals surface area contributed by atoms with E-state index in [1.54, 1.807) is 0 Å². The van der Waals surface area contributed by atoms with E-state index in [0.29, 0.717) is 0 Å². The van der Waals surface area contributed by atoms with Gasteiger partial charge in [-0.15, -0.1) is 0 Å². The first kappa shape index (κ1) is 41.0. The van der Waals surface area contributed by atoms with Crippen LogP contribution in [-0.2, 0) is 0 Å². The second-order valence-corrected chi connectivity index (χ2v) is 25.7. The molecule has 342 valence electrons. The minimum absolute atomic E-state index is 0.870. The molecule has 0 aliphatic heterocycles. The molecule has 72 heavy (non-hydrogen) atoms.